The monoisotopic (exact) mass is 567 g/mol. The summed E-state index contributed by atoms with van der Waals surface area (Å²) in [5.41, 5.74) is 3.55. The number of ether oxygens (including phenoxy) is 1. The summed E-state index contributed by atoms with van der Waals surface area (Å²) in [5.74, 6) is 1.82. The minimum absolute atomic E-state index is 0.199. The van der Waals surface area contributed by atoms with E-state index in [0.29, 0.717) is 16.8 Å². The summed E-state index contributed by atoms with van der Waals surface area (Å²) in [4.78, 5) is 43.2. The number of rotatable bonds is 9. The lowest BCUT2D eigenvalue weighted by Crippen LogP contribution is -2.55. The zero-order valence-electron chi connectivity index (χ0n) is 25.5. The zero-order valence-corrected chi connectivity index (χ0v) is 25.5. The van der Waals surface area contributed by atoms with Gasteiger partial charge in [0.15, 0.2) is 0 Å². The van der Waals surface area contributed by atoms with Gasteiger partial charge in [-0.3, -0.25) is 9.59 Å². The summed E-state index contributed by atoms with van der Waals surface area (Å²) in [7, 11) is 0. The van der Waals surface area contributed by atoms with Gasteiger partial charge in [0.2, 0.25) is 5.91 Å². The molecule has 0 fully saturated rings. The third kappa shape index (κ3) is 8.23. The molecule has 0 saturated heterocycles. The second kappa shape index (κ2) is 13.9. The van der Waals surface area contributed by atoms with Crippen LogP contribution in [0.4, 0.5) is 10.5 Å². The van der Waals surface area contributed by atoms with Gasteiger partial charge in [-0.2, -0.15) is 0 Å². The number of aryl methyl sites for hydroxylation is 2. The van der Waals surface area contributed by atoms with E-state index in [-0.39, 0.29) is 6.42 Å². The second-order valence-corrected chi connectivity index (χ2v) is 11.6. The molecule has 42 heavy (non-hydrogen) atoms. The molecule has 220 valence electrons. The van der Waals surface area contributed by atoms with Gasteiger partial charge in [-0.25, -0.2) is 4.79 Å². The van der Waals surface area contributed by atoms with Crippen molar-refractivity contribution < 1.29 is 19.1 Å². The number of hydrogen-bond acceptors (Lipinski definition) is 4. The average molecular weight is 568 g/mol. The normalized spacial score (nSPS) is 12.5. The predicted molar refractivity (Wildman–Crippen MR) is 167 cm³/mol. The van der Waals surface area contributed by atoms with Crippen LogP contribution in [0.2, 0.25) is 0 Å². The molecule has 0 aliphatic carbocycles. The highest BCUT2D eigenvalue weighted by atomic mass is 16.6. The van der Waals surface area contributed by atoms with Crippen LogP contribution in [0.25, 0.3) is 0 Å². The van der Waals surface area contributed by atoms with Gasteiger partial charge in [-0.05, 0) is 76.8 Å². The summed E-state index contributed by atoms with van der Waals surface area (Å²) in [6.07, 6.45) is 5.35. The van der Waals surface area contributed by atoms with E-state index in [1.54, 1.807) is 45.0 Å². The molecule has 7 heteroatoms. The fraction of sp³-hybridized carbons (Fsp3) is 0.343. The van der Waals surface area contributed by atoms with Crippen LogP contribution in [-0.2, 0) is 20.7 Å². The number of alkyl carbamates (subject to hydrolysis) is 1. The Morgan fingerprint density at radius 3 is 2.07 bits per heavy atom. The minimum atomic E-state index is -1.08. The summed E-state index contributed by atoms with van der Waals surface area (Å²) in [6, 6.07) is 19.7. The first kappa shape index (κ1) is 32.0. The van der Waals surface area contributed by atoms with E-state index in [4.69, 9.17) is 11.2 Å². The van der Waals surface area contributed by atoms with Crippen molar-refractivity contribution in [1.29, 1.82) is 0 Å². The fourth-order valence-corrected chi connectivity index (χ4v) is 4.85. The van der Waals surface area contributed by atoms with Crippen molar-refractivity contribution in [3.05, 3.63) is 101 Å². The van der Waals surface area contributed by atoms with Gasteiger partial charge in [-0.15, -0.1) is 6.42 Å². The maximum atomic E-state index is 14.5. The highest BCUT2D eigenvalue weighted by molar-refractivity contribution is 6.00. The topological polar surface area (TPSA) is 87.7 Å². The standard InChI is InChI=1S/C35H41N3O4/c1-9-27-20-13-14-21-28(27)31(32(39)37-30-24(4)16-15-17-25(30)5)38(23(2)3)33(40)29(22-26-18-11-10-12-19-26)36-34(41)42-35(6,7)8/h1,10-21,23,29,31H,22H2,2-8H3,(H,36,41)(H,37,39). The molecule has 3 rings (SSSR count). The van der Waals surface area contributed by atoms with Crippen molar-refractivity contribution in [3.63, 3.8) is 0 Å². The van der Waals surface area contributed by atoms with Crippen molar-refractivity contribution in [1.82, 2.24) is 10.2 Å². The predicted octanol–water partition coefficient (Wildman–Crippen LogP) is 6.34. The van der Waals surface area contributed by atoms with E-state index in [1.165, 1.54) is 4.90 Å². The van der Waals surface area contributed by atoms with Crippen LogP contribution in [0, 0.1) is 26.2 Å². The highest BCUT2D eigenvalue weighted by Crippen LogP contribution is 2.30. The maximum Gasteiger partial charge on any atom is 0.408 e. The Morgan fingerprint density at radius 2 is 1.50 bits per heavy atom. The number of hydrogen-bond donors (Lipinski definition) is 2. The molecule has 3 aromatic carbocycles. The molecule has 0 saturated carbocycles. The van der Waals surface area contributed by atoms with Crippen molar-refractivity contribution in [2.45, 2.75) is 78.6 Å². The van der Waals surface area contributed by atoms with Crippen LogP contribution in [0.3, 0.4) is 0 Å². The number of benzene rings is 3. The third-order valence-corrected chi connectivity index (χ3v) is 6.75. The highest BCUT2D eigenvalue weighted by Gasteiger charge is 2.39. The molecule has 3 amide bonds. The number of para-hydroxylation sites is 1. The Kier molecular flexibility index (Phi) is 10.5. The molecule has 0 radical (unpaired) electrons. The number of carbonyl (C=O) groups is 3. The Balaban J connectivity index is 2.12. The molecule has 0 aliphatic rings. The van der Waals surface area contributed by atoms with E-state index in [2.05, 4.69) is 16.6 Å². The first-order valence-corrected chi connectivity index (χ1v) is 14.1. The van der Waals surface area contributed by atoms with Crippen molar-refractivity contribution >= 4 is 23.6 Å². The number of amides is 3. The Hall–Kier alpha value is -4.57. The number of nitrogens with zero attached hydrogens (tertiary/aromatic N) is 1. The van der Waals surface area contributed by atoms with Crippen LogP contribution in [0.1, 0.15) is 68.5 Å². The third-order valence-electron chi connectivity index (χ3n) is 6.75. The van der Waals surface area contributed by atoms with E-state index in [0.717, 1.165) is 16.7 Å². The van der Waals surface area contributed by atoms with Gasteiger partial charge in [0.25, 0.3) is 5.91 Å². The summed E-state index contributed by atoms with van der Waals surface area (Å²) >= 11 is 0. The molecule has 2 atom stereocenters. The molecule has 0 aromatic heterocycles. The Bertz CT molecular complexity index is 1430. The SMILES string of the molecule is C#Cc1ccccc1C(C(=O)Nc1c(C)cccc1C)N(C(=O)C(Cc1ccccc1)NC(=O)OC(C)(C)C)C(C)C. The lowest BCUT2D eigenvalue weighted by Gasteiger charge is -2.37. The van der Waals surface area contributed by atoms with Crippen molar-refractivity contribution in [3.8, 4) is 12.3 Å². The van der Waals surface area contributed by atoms with Crippen molar-refractivity contribution in [2.75, 3.05) is 5.32 Å². The van der Waals surface area contributed by atoms with Gasteiger partial charge in [0, 0.05) is 23.7 Å². The van der Waals surface area contributed by atoms with Crippen LogP contribution < -0.4 is 10.6 Å². The fourth-order valence-electron chi connectivity index (χ4n) is 4.85. The van der Waals surface area contributed by atoms with Crippen LogP contribution in [0.5, 0.6) is 0 Å². The Morgan fingerprint density at radius 1 is 0.905 bits per heavy atom. The summed E-state index contributed by atoms with van der Waals surface area (Å²) < 4.78 is 5.50. The van der Waals surface area contributed by atoms with E-state index in [1.807, 2.05) is 76.2 Å². The molecule has 7 nitrogen and oxygen atoms in total. The zero-order chi connectivity index (χ0) is 31.0. The molecular weight excluding hydrogens is 526 g/mol. The smallest absolute Gasteiger partial charge is 0.408 e. The molecule has 2 N–H and O–H groups in total. The van der Waals surface area contributed by atoms with Gasteiger partial charge < -0.3 is 20.3 Å². The van der Waals surface area contributed by atoms with E-state index in [9.17, 15) is 14.4 Å². The molecule has 0 spiro atoms. The van der Waals surface area contributed by atoms with Crippen LogP contribution in [-0.4, -0.2) is 40.5 Å². The van der Waals surface area contributed by atoms with Crippen LogP contribution >= 0.6 is 0 Å². The summed E-state index contributed by atoms with van der Waals surface area (Å²) in [6.45, 7) is 12.8. The van der Waals surface area contributed by atoms with Crippen molar-refractivity contribution in [2.24, 2.45) is 0 Å². The summed E-state index contributed by atoms with van der Waals surface area (Å²) in [5, 5.41) is 5.84. The molecule has 0 bridgehead atoms. The van der Waals surface area contributed by atoms with E-state index >= 15 is 0 Å². The number of carbonyl (C=O) groups excluding carboxylic acids is 3. The largest absolute Gasteiger partial charge is 0.444 e. The number of anilines is 1. The average Bonchev–Trinajstić information content (AvgIpc) is 2.92. The van der Waals surface area contributed by atoms with Crippen LogP contribution in [0.15, 0.2) is 72.8 Å². The van der Waals surface area contributed by atoms with Gasteiger partial charge in [0.1, 0.15) is 17.7 Å². The first-order valence-electron chi connectivity index (χ1n) is 14.1. The lowest BCUT2D eigenvalue weighted by atomic mass is 9.95. The Labute approximate surface area is 249 Å². The van der Waals surface area contributed by atoms with Gasteiger partial charge in [-0.1, -0.05) is 72.7 Å². The number of terminal acetylenes is 1. The lowest BCUT2D eigenvalue weighted by molar-refractivity contribution is -0.142. The van der Waals surface area contributed by atoms with E-state index < -0.39 is 41.6 Å². The molecular formula is C35H41N3O4. The second-order valence-electron chi connectivity index (χ2n) is 11.6. The first-order chi connectivity index (χ1) is 19.8. The van der Waals surface area contributed by atoms with Gasteiger partial charge in [0.05, 0.1) is 0 Å². The minimum Gasteiger partial charge on any atom is -0.444 e. The maximum absolute atomic E-state index is 14.5. The molecule has 0 aliphatic heterocycles. The quantitative estimate of drug-likeness (QED) is 0.296. The van der Waals surface area contributed by atoms with Gasteiger partial charge >= 0.3 is 6.09 Å². The molecule has 0 heterocycles. The number of nitrogens with one attached hydrogen (secondary N) is 2. The molecule has 2 unspecified atom stereocenters. The molecule has 3 aromatic rings.